The van der Waals surface area contributed by atoms with Gasteiger partial charge < -0.3 is 10.1 Å². The zero-order valence-corrected chi connectivity index (χ0v) is 14.3. The third-order valence-electron chi connectivity index (χ3n) is 3.31. The molecule has 0 fully saturated rings. The Morgan fingerprint density at radius 1 is 1.21 bits per heavy atom. The van der Waals surface area contributed by atoms with Crippen LogP contribution in [0.3, 0.4) is 0 Å². The van der Waals surface area contributed by atoms with E-state index in [0.717, 1.165) is 17.0 Å². The van der Waals surface area contributed by atoms with Crippen molar-refractivity contribution < 1.29 is 14.3 Å². The fourth-order valence-electron chi connectivity index (χ4n) is 2.23. The number of amides is 1. The van der Waals surface area contributed by atoms with Crippen LogP contribution in [0.15, 0.2) is 42.0 Å². The third kappa shape index (κ3) is 4.32. The highest BCUT2D eigenvalue weighted by Gasteiger charge is 2.15. The quantitative estimate of drug-likeness (QED) is 0.677. The fraction of sp³-hybridized carbons (Fsp3) is 0.278. The highest BCUT2D eigenvalue weighted by molar-refractivity contribution is 5.94. The molecule has 0 unspecified atom stereocenters. The lowest BCUT2D eigenvalue weighted by atomic mass is 10.3. The van der Waals surface area contributed by atoms with Crippen molar-refractivity contribution in [2.24, 2.45) is 0 Å². The van der Waals surface area contributed by atoms with Gasteiger partial charge in [0.2, 0.25) is 0 Å². The van der Waals surface area contributed by atoms with E-state index in [-0.39, 0.29) is 6.61 Å². The Bertz CT molecular complexity index is 772. The third-order valence-corrected chi connectivity index (χ3v) is 3.31. The molecular weight excluding hydrogens is 306 g/mol. The first-order chi connectivity index (χ1) is 11.4. The van der Waals surface area contributed by atoms with Crippen LogP contribution < -0.4 is 5.32 Å². The van der Waals surface area contributed by atoms with Gasteiger partial charge in [-0.05, 0) is 39.8 Å². The summed E-state index contributed by atoms with van der Waals surface area (Å²) < 4.78 is 6.67. The number of carbonyl (C=O) groups excluding carboxylic acids is 2. The van der Waals surface area contributed by atoms with Gasteiger partial charge in [-0.1, -0.05) is 23.8 Å². The minimum Gasteiger partial charge on any atom is -0.452 e. The number of nitrogens with zero attached hydrogens (tertiary/aromatic N) is 2. The van der Waals surface area contributed by atoms with Crippen molar-refractivity contribution in [1.82, 2.24) is 9.78 Å². The van der Waals surface area contributed by atoms with Gasteiger partial charge in [0.15, 0.2) is 6.61 Å². The summed E-state index contributed by atoms with van der Waals surface area (Å²) in [5, 5.41) is 7.21. The average molecular weight is 327 g/mol. The number of aromatic nitrogens is 2. The topological polar surface area (TPSA) is 73.2 Å². The molecule has 0 aliphatic carbocycles. The molecule has 0 radical (unpaired) electrons. The molecule has 1 aromatic heterocycles. The maximum absolute atomic E-state index is 12.0. The Balaban J connectivity index is 2.08. The van der Waals surface area contributed by atoms with E-state index in [1.807, 2.05) is 44.2 Å². The van der Waals surface area contributed by atoms with Crippen LogP contribution in [-0.2, 0) is 14.3 Å². The number of esters is 1. The molecule has 1 amide bonds. The monoisotopic (exact) mass is 327 g/mol. The van der Waals surface area contributed by atoms with Crippen molar-refractivity contribution in [3.63, 3.8) is 0 Å². The summed E-state index contributed by atoms with van der Waals surface area (Å²) in [7, 11) is 0. The van der Waals surface area contributed by atoms with Crippen molar-refractivity contribution in [1.29, 1.82) is 0 Å². The second-order valence-corrected chi connectivity index (χ2v) is 5.67. The maximum atomic E-state index is 12.0. The minimum absolute atomic E-state index is 0.335. The molecular formula is C18H21N3O3. The van der Waals surface area contributed by atoms with Gasteiger partial charge in [-0.25, -0.2) is 9.48 Å². The Kier molecular flexibility index (Phi) is 5.52. The number of ether oxygens (including phenoxy) is 1. The van der Waals surface area contributed by atoms with Crippen molar-refractivity contribution in [3.8, 4) is 5.69 Å². The first kappa shape index (κ1) is 17.5. The lowest BCUT2D eigenvalue weighted by Crippen LogP contribution is -2.21. The van der Waals surface area contributed by atoms with Crippen LogP contribution in [0.1, 0.15) is 25.2 Å². The van der Waals surface area contributed by atoms with Gasteiger partial charge in [-0.2, -0.15) is 5.10 Å². The van der Waals surface area contributed by atoms with Crippen LogP contribution in [0.5, 0.6) is 0 Å². The van der Waals surface area contributed by atoms with Gasteiger partial charge in [0, 0.05) is 6.08 Å². The number of para-hydroxylation sites is 1. The highest BCUT2D eigenvalue weighted by atomic mass is 16.5. The van der Waals surface area contributed by atoms with E-state index in [1.165, 1.54) is 6.08 Å². The minimum atomic E-state index is -0.529. The predicted molar refractivity (Wildman–Crippen MR) is 92.1 cm³/mol. The number of carbonyl (C=O) groups is 2. The summed E-state index contributed by atoms with van der Waals surface area (Å²) in [6.45, 7) is 6.92. The maximum Gasteiger partial charge on any atom is 0.331 e. The molecule has 0 spiro atoms. The summed E-state index contributed by atoms with van der Waals surface area (Å²) >= 11 is 0. The summed E-state index contributed by atoms with van der Waals surface area (Å²) in [4.78, 5) is 23.4. The van der Waals surface area contributed by atoms with Gasteiger partial charge in [0.1, 0.15) is 0 Å². The molecule has 126 valence electrons. The summed E-state index contributed by atoms with van der Waals surface area (Å²) in [6, 6.07) is 9.65. The number of anilines is 1. The Labute approximate surface area is 141 Å². The Morgan fingerprint density at radius 2 is 1.88 bits per heavy atom. The molecule has 0 aliphatic rings. The molecule has 24 heavy (non-hydrogen) atoms. The van der Waals surface area contributed by atoms with E-state index in [1.54, 1.807) is 18.5 Å². The average Bonchev–Trinajstić information content (AvgIpc) is 2.81. The number of hydrogen-bond donors (Lipinski definition) is 1. The van der Waals surface area contributed by atoms with Crippen molar-refractivity contribution in [2.75, 3.05) is 11.9 Å². The lowest BCUT2D eigenvalue weighted by Gasteiger charge is -2.07. The first-order valence-electron chi connectivity index (χ1n) is 7.61. The van der Waals surface area contributed by atoms with Gasteiger partial charge in [0.25, 0.3) is 5.91 Å². The molecule has 1 heterocycles. The molecule has 2 aromatic rings. The smallest absolute Gasteiger partial charge is 0.331 e. The number of allylic oxidation sites excluding steroid dienone is 1. The van der Waals surface area contributed by atoms with Crippen molar-refractivity contribution in [2.45, 2.75) is 27.7 Å². The number of benzene rings is 1. The predicted octanol–water partition coefficient (Wildman–Crippen LogP) is 2.94. The number of nitrogens with one attached hydrogen (secondary N) is 1. The fourth-order valence-corrected chi connectivity index (χ4v) is 2.23. The number of aryl methyl sites for hydroxylation is 1. The molecule has 2 rings (SSSR count). The van der Waals surface area contributed by atoms with Gasteiger partial charge >= 0.3 is 5.97 Å². The lowest BCUT2D eigenvalue weighted by molar-refractivity contribution is -0.142. The molecule has 6 nitrogen and oxygen atoms in total. The van der Waals surface area contributed by atoms with Crippen LogP contribution in [0.4, 0.5) is 5.69 Å². The second-order valence-electron chi connectivity index (χ2n) is 5.67. The second kappa shape index (κ2) is 7.59. The van der Waals surface area contributed by atoms with Gasteiger partial charge in [-0.3, -0.25) is 4.79 Å². The van der Waals surface area contributed by atoms with Gasteiger partial charge in [-0.15, -0.1) is 0 Å². The van der Waals surface area contributed by atoms with Crippen LogP contribution in [0.25, 0.3) is 5.69 Å². The largest absolute Gasteiger partial charge is 0.452 e. The molecule has 0 saturated carbocycles. The zero-order chi connectivity index (χ0) is 17.7. The van der Waals surface area contributed by atoms with Crippen molar-refractivity contribution in [3.05, 3.63) is 53.4 Å². The van der Waals surface area contributed by atoms with E-state index in [4.69, 9.17) is 4.74 Å². The standard InChI is InChI=1S/C18H21N3O3/c1-12(2)10-17(23)24-11-16(22)19-18-13(3)20-21(14(18)4)15-8-6-5-7-9-15/h5-10H,11H2,1-4H3,(H,19,22). The Hall–Kier alpha value is -2.89. The van der Waals surface area contributed by atoms with Crippen LogP contribution >= 0.6 is 0 Å². The molecule has 1 aromatic carbocycles. The first-order valence-corrected chi connectivity index (χ1v) is 7.61. The van der Waals surface area contributed by atoms with E-state index in [0.29, 0.717) is 11.4 Å². The van der Waals surface area contributed by atoms with Crippen LogP contribution in [-0.4, -0.2) is 28.3 Å². The van der Waals surface area contributed by atoms with Crippen LogP contribution in [0, 0.1) is 13.8 Å². The summed E-state index contributed by atoms with van der Waals surface area (Å²) in [5.41, 5.74) is 3.86. The number of hydrogen-bond acceptors (Lipinski definition) is 4. The van der Waals surface area contributed by atoms with E-state index in [2.05, 4.69) is 10.4 Å². The zero-order valence-electron chi connectivity index (χ0n) is 14.3. The molecule has 0 saturated heterocycles. The molecule has 0 atom stereocenters. The molecule has 0 bridgehead atoms. The SMILES string of the molecule is CC(C)=CC(=O)OCC(=O)Nc1c(C)nn(-c2ccccc2)c1C. The van der Waals surface area contributed by atoms with E-state index < -0.39 is 11.9 Å². The summed E-state index contributed by atoms with van der Waals surface area (Å²) in [6.07, 6.45) is 1.34. The Morgan fingerprint density at radius 3 is 2.50 bits per heavy atom. The van der Waals surface area contributed by atoms with E-state index in [9.17, 15) is 9.59 Å². The van der Waals surface area contributed by atoms with Gasteiger partial charge in [0.05, 0.1) is 22.8 Å². The van der Waals surface area contributed by atoms with E-state index >= 15 is 0 Å². The molecule has 0 aliphatic heterocycles. The van der Waals surface area contributed by atoms with Crippen molar-refractivity contribution >= 4 is 17.6 Å². The number of rotatable bonds is 5. The highest BCUT2D eigenvalue weighted by Crippen LogP contribution is 2.22. The summed E-state index contributed by atoms with van der Waals surface area (Å²) in [5.74, 6) is -0.928. The normalized spacial score (nSPS) is 10.2. The van der Waals surface area contributed by atoms with Crippen LogP contribution in [0.2, 0.25) is 0 Å². The molecule has 6 heteroatoms. The molecule has 1 N–H and O–H groups in total.